The number of ether oxygens (including phenoxy) is 2. The van der Waals surface area contributed by atoms with Crippen LogP contribution in [0.15, 0.2) is 30.3 Å². The van der Waals surface area contributed by atoms with E-state index in [0.717, 1.165) is 44.1 Å². The molecule has 4 saturated carbocycles. The van der Waals surface area contributed by atoms with E-state index in [-0.39, 0.29) is 23.5 Å². The molecule has 1 aromatic carbocycles. The van der Waals surface area contributed by atoms with Gasteiger partial charge in [0.1, 0.15) is 6.10 Å². The van der Waals surface area contributed by atoms with Crippen molar-refractivity contribution in [3.8, 4) is 11.8 Å². The fraction of sp³-hybridized carbons (Fsp3) is 0.677. The van der Waals surface area contributed by atoms with Gasteiger partial charge >= 0.3 is 11.9 Å². The van der Waals surface area contributed by atoms with Crippen molar-refractivity contribution < 1.29 is 19.1 Å². The topological polar surface area (TPSA) is 52.6 Å². The second-order valence-electron chi connectivity index (χ2n) is 12.2. The van der Waals surface area contributed by atoms with Gasteiger partial charge in [0.2, 0.25) is 0 Å². The minimum atomic E-state index is -0.713. The van der Waals surface area contributed by atoms with Gasteiger partial charge < -0.3 is 9.47 Å². The van der Waals surface area contributed by atoms with E-state index >= 15 is 0 Å². The van der Waals surface area contributed by atoms with Gasteiger partial charge in [0.15, 0.2) is 5.60 Å². The van der Waals surface area contributed by atoms with Gasteiger partial charge in [0.25, 0.3) is 0 Å². The molecule has 4 nitrogen and oxygen atoms in total. The molecule has 0 N–H and O–H groups in total. The Kier molecular flexibility index (Phi) is 6.27. The Hall–Kier alpha value is -2.28. The van der Waals surface area contributed by atoms with E-state index in [9.17, 15) is 9.59 Å². The summed E-state index contributed by atoms with van der Waals surface area (Å²) < 4.78 is 11.8. The van der Waals surface area contributed by atoms with Crippen LogP contribution in [0.1, 0.15) is 91.0 Å². The summed E-state index contributed by atoms with van der Waals surface area (Å²) in [5.41, 5.74) is 0.440. The summed E-state index contributed by atoms with van der Waals surface area (Å²) in [7, 11) is 0. The quantitative estimate of drug-likeness (QED) is 0.370. The molecule has 4 aliphatic carbocycles. The minimum Gasteiger partial charge on any atom is -0.463 e. The fourth-order valence-corrected chi connectivity index (χ4v) is 8.90. The monoisotopic (exact) mass is 476 g/mol. The molecule has 8 atom stereocenters. The first-order valence-corrected chi connectivity index (χ1v) is 13.6. The first-order chi connectivity index (χ1) is 16.7. The van der Waals surface area contributed by atoms with Gasteiger partial charge in [-0.3, -0.25) is 9.59 Å². The van der Waals surface area contributed by atoms with Crippen LogP contribution in [-0.2, 0) is 19.1 Å². The normalized spacial score (nSPS) is 41.9. The first kappa shape index (κ1) is 24.4. The van der Waals surface area contributed by atoms with Crippen molar-refractivity contribution in [2.45, 2.75) is 97.2 Å². The predicted octanol–water partition coefficient (Wildman–Crippen LogP) is 6.31. The van der Waals surface area contributed by atoms with Crippen molar-refractivity contribution in [1.29, 1.82) is 0 Å². The first-order valence-electron chi connectivity index (χ1n) is 13.6. The van der Waals surface area contributed by atoms with Gasteiger partial charge in [-0.1, -0.05) is 38.0 Å². The van der Waals surface area contributed by atoms with E-state index in [2.05, 4.69) is 25.7 Å². The fourth-order valence-electron chi connectivity index (χ4n) is 8.90. The van der Waals surface area contributed by atoms with Crippen LogP contribution < -0.4 is 0 Å². The molecule has 35 heavy (non-hydrogen) atoms. The highest BCUT2D eigenvalue weighted by Crippen LogP contribution is 2.69. The number of rotatable bonds is 2. The van der Waals surface area contributed by atoms with Crippen LogP contribution in [0.2, 0.25) is 0 Å². The highest BCUT2D eigenvalue weighted by atomic mass is 16.6. The van der Waals surface area contributed by atoms with E-state index in [0.29, 0.717) is 29.1 Å². The lowest BCUT2D eigenvalue weighted by molar-refractivity contribution is -0.178. The average Bonchev–Trinajstić information content (AvgIpc) is 3.10. The lowest BCUT2D eigenvalue weighted by Gasteiger charge is -2.61. The van der Waals surface area contributed by atoms with Crippen LogP contribution >= 0.6 is 0 Å². The molecule has 188 valence electrons. The minimum absolute atomic E-state index is 0.0901. The summed E-state index contributed by atoms with van der Waals surface area (Å²) in [6, 6.07) is 10.0. The van der Waals surface area contributed by atoms with Crippen LogP contribution in [0.4, 0.5) is 0 Å². The zero-order valence-corrected chi connectivity index (χ0v) is 21.8. The third kappa shape index (κ3) is 4.09. The summed E-state index contributed by atoms with van der Waals surface area (Å²) in [5.74, 6) is 9.01. The summed E-state index contributed by atoms with van der Waals surface area (Å²) >= 11 is 0. The molecule has 0 heterocycles. The zero-order chi connectivity index (χ0) is 24.8. The van der Waals surface area contributed by atoms with Crippen molar-refractivity contribution in [1.82, 2.24) is 0 Å². The van der Waals surface area contributed by atoms with Crippen molar-refractivity contribution in [2.24, 2.45) is 34.5 Å². The Labute approximate surface area is 210 Å². The molecule has 0 aliphatic heterocycles. The zero-order valence-electron chi connectivity index (χ0n) is 21.8. The molecule has 4 fully saturated rings. The van der Waals surface area contributed by atoms with Crippen molar-refractivity contribution in [3.63, 3.8) is 0 Å². The average molecular weight is 477 g/mol. The van der Waals surface area contributed by atoms with E-state index in [1.807, 2.05) is 30.3 Å². The van der Waals surface area contributed by atoms with Gasteiger partial charge in [-0.2, -0.15) is 0 Å². The van der Waals surface area contributed by atoms with E-state index in [1.54, 1.807) is 0 Å². The van der Waals surface area contributed by atoms with Gasteiger partial charge in [0, 0.05) is 24.8 Å². The standard InChI is InChI=1S/C31H40O4/c1-21(32)34-25-13-16-29(3)24(20-25)10-11-26-27(29)14-17-30(4)28(26)15-19-31(30,35-22(2)33)18-12-23-8-6-5-7-9-23/h5-9,24-28H,10-11,13-17,19-20H2,1-4H3/t24-,25-,26+,27+,28-,29+,30+,31-/m1/s1. The molecule has 0 aromatic heterocycles. The van der Waals surface area contributed by atoms with E-state index in [1.165, 1.54) is 33.1 Å². The summed E-state index contributed by atoms with van der Waals surface area (Å²) in [4.78, 5) is 23.9. The maximum atomic E-state index is 12.3. The summed E-state index contributed by atoms with van der Waals surface area (Å²) in [6.45, 7) is 7.94. The third-order valence-corrected chi connectivity index (χ3v) is 10.6. The van der Waals surface area contributed by atoms with E-state index < -0.39 is 5.60 Å². The number of fused-ring (bicyclic) bond motifs is 5. The molecule has 4 aliphatic rings. The van der Waals surface area contributed by atoms with Crippen LogP contribution in [-0.4, -0.2) is 23.6 Å². The molecule has 5 rings (SSSR count). The predicted molar refractivity (Wildman–Crippen MR) is 135 cm³/mol. The molecule has 0 unspecified atom stereocenters. The molecular weight excluding hydrogens is 436 g/mol. The second kappa shape index (κ2) is 8.99. The molecule has 4 heteroatoms. The molecule has 0 saturated heterocycles. The summed E-state index contributed by atoms with van der Waals surface area (Å²) in [6.07, 6.45) is 9.77. The molecular formula is C31H40O4. The van der Waals surface area contributed by atoms with Gasteiger partial charge in [-0.15, -0.1) is 0 Å². The molecule has 0 spiro atoms. The van der Waals surface area contributed by atoms with Crippen LogP contribution in [0, 0.1) is 46.3 Å². The highest BCUT2D eigenvalue weighted by molar-refractivity contribution is 5.67. The van der Waals surface area contributed by atoms with Crippen molar-refractivity contribution >= 4 is 11.9 Å². The molecule has 0 bridgehead atoms. The number of hydrogen-bond acceptors (Lipinski definition) is 4. The Morgan fingerprint density at radius 2 is 1.63 bits per heavy atom. The number of benzene rings is 1. The lowest BCUT2D eigenvalue weighted by Crippen LogP contribution is -2.57. The Balaban J connectivity index is 1.42. The largest absolute Gasteiger partial charge is 0.463 e. The Morgan fingerprint density at radius 3 is 2.34 bits per heavy atom. The smallest absolute Gasteiger partial charge is 0.304 e. The third-order valence-electron chi connectivity index (χ3n) is 10.6. The number of hydrogen-bond donors (Lipinski definition) is 0. The van der Waals surface area contributed by atoms with Crippen molar-refractivity contribution in [3.05, 3.63) is 35.9 Å². The number of carbonyl (C=O) groups is 2. The summed E-state index contributed by atoms with van der Waals surface area (Å²) in [5, 5.41) is 0. The molecule has 0 amide bonds. The van der Waals surface area contributed by atoms with Crippen molar-refractivity contribution in [2.75, 3.05) is 0 Å². The lowest BCUT2D eigenvalue weighted by atomic mass is 9.44. The maximum Gasteiger partial charge on any atom is 0.304 e. The number of esters is 2. The Bertz CT molecular complexity index is 1040. The van der Waals surface area contributed by atoms with Gasteiger partial charge in [-0.05, 0) is 105 Å². The molecule has 1 aromatic rings. The Morgan fingerprint density at radius 1 is 0.886 bits per heavy atom. The highest BCUT2D eigenvalue weighted by Gasteiger charge is 2.66. The maximum absolute atomic E-state index is 12.3. The van der Waals surface area contributed by atoms with Crippen LogP contribution in [0.5, 0.6) is 0 Å². The van der Waals surface area contributed by atoms with Gasteiger partial charge in [0.05, 0.1) is 0 Å². The molecule has 0 radical (unpaired) electrons. The van der Waals surface area contributed by atoms with Crippen LogP contribution in [0.25, 0.3) is 0 Å². The number of carbonyl (C=O) groups excluding carboxylic acids is 2. The second-order valence-corrected chi connectivity index (χ2v) is 12.2. The van der Waals surface area contributed by atoms with Crippen LogP contribution in [0.3, 0.4) is 0 Å². The van der Waals surface area contributed by atoms with Gasteiger partial charge in [-0.25, -0.2) is 0 Å². The SMILES string of the molecule is CC(=O)O[C@@H]1CC[C@@]2(C)[C@H](CC[C@@H]3[C@H]4CC[C@@](C#Cc5ccccc5)(OC(C)=O)[C@@]4(C)CC[C@@H]32)C1. The van der Waals surface area contributed by atoms with E-state index in [4.69, 9.17) is 9.47 Å².